The highest BCUT2D eigenvalue weighted by atomic mass is 16.7. The topological polar surface area (TPSA) is 231 Å². The largest absolute Gasteiger partial charge is 0.462 e. The minimum atomic E-state index is -1.76. The average Bonchev–Trinajstić information content (AvgIpc) is 3.23. The van der Waals surface area contributed by atoms with Gasteiger partial charge in [-0.3, -0.25) is 9.59 Å². The molecule has 2 saturated heterocycles. The molecule has 2 rings (SSSR count). The summed E-state index contributed by atoms with van der Waals surface area (Å²) in [5, 5.41) is 71.8. The van der Waals surface area contributed by atoms with E-state index in [2.05, 4.69) is 38.2 Å². The van der Waals surface area contributed by atoms with Gasteiger partial charge in [0.25, 0.3) is 0 Å². The highest BCUT2D eigenvalue weighted by molar-refractivity contribution is 5.70. The zero-order valence-corrected chi connectivity index (χ0v) is 35.7. The molecule has 2 heterocycles. The Labute approximate surface area is 352 Å². The summed E-state index contributed by atoms with van der Waals surface area (Å²) in [5.74, 6) is -0.949. The number of aliphatic hydroxyl groups is 7. The van der Waals surface area contributed by atoms with Crippen LogP contribution in [0.3, 0.4) is 0 Å². The van der Waals surface area contributed by atoms with Gasteiger partial charge in [0.15, 0.2) is 18.7 Å². The zero-order chi connectivity index (χ0) is 43.3. The fraction of sp³-hybridized carbons (Fsp3) is 0.864. The van der Waals surface area contributed by atoms with E-state index in [4.69, 9.17) is 28.4 Å². The molecule has 15 nitrogen and oxygen atoms in total. The number of rotatable bonds is 33. The molecule has 0 bridgehead atoms. The monoisotopic (exact) mass is 847 g/mol. The summed E-state index contributed by atoms with van der Waals surface area (Å²) in [6.45, 7) is 2.48. The summed E-state index contributed by atoms with van der Waals surface area (Å²) < 4.78 is 33.4. The van der Waals surface area contributed by atoms with E-state index in [-0.39, 0.29) is 26.1 Å². The Kier molecular flexibility index (Phi) is 29.4. The van der Waals surface area contributed by atoms with Gasteiger partial charge in [0.2, 0.25) is 0 Å². The van der Waals surface area contributed by atoms with Crippen LogP contribution in [0.25, 0.3) is 0 Å². The zero-order valence-electron chi connectivity index (χ0n) is 35.7. The maximum Gasteiger partial charge on any atom is 0.306 e. The standard InChI is InChI=1S/C44H78O15/c1-3-5-7-9-11-13-15-17-19-21-23-25-27-36(47)57-32(29-54-35(46)26-24-22-20-18-16-14-12-10-8-6-4-2)30-55-43-42(53)40(51)38(49)34(59-43)31-56-44-41(52)39(50)37(48)33(28-45)58-44/h10-13,32-34,37-45,48-53H,3-9,14-31H2,1-2H3/b12-10+,13-11+/t32-,33-,34-,37+,38+,39?,40?,41?,42?,43-,44-/m1/s1. The van der Waals surface area contributed by atoms with Crippen LogP contribution >= 0.6 is 0 Å². The molecule has 0 aromatic carbocycles. The maximum atomic E-state index is 12.9. The van der Waals surface area contributed by atoms with Crippen molar-refractivity contribution in [2.45, 2.75) is 216 Å². The minimum absolute atomic E-state index is 0.154. The van der Waals surface area contributed by atoms with Gasteiger partial charge >= 0.3 is 11.9 Å². The van der Waals surface area contributed by atoms with Crippen molar-refractivity contribution in [3.8, 4) is 0 Å². The third kappa shape index (κ3) is 22.1. The quantitative estimate of drug-likeness (QED) is 0.0275. The molecule has 0 radical (unpaired) electrons. The highest BCUT2D eigenvalue weighted by Gasteiger charge is 2.47. The van der Waals surface area contributed by atoms with Gasteiger partial charge < -0.3 is 64.2 Å². The van der Waals surface area contributed by atoms with Gasteiger partial charge in [-0.25, -0.2) is 0 Å². The summed E-state index contributed by atoms with van der Waals surface area (Å²) >= 11 is 0. The lowest BCUT2D eigenvalue weighted by Crippen LogP contribution is -2.61. The maximum absolute atomic E-state index is 12.9. The lowest BCUT2D eigenvalue weighted by atomic mass is 9.98. The second-order valence-corrected chi connectivity index (χ2v) is 15.9. The van der Waals surface area contributed by atoms with E-state index >= 15 is 0 Å². The first-order valence-corrected chi connectivity index (χ1v) is 22.4. The van der Waals surface area contributed by atoms with E-state index in [0.717, 1.165) is 77.0 Å². The number of allylic oxidation sites excluding steroid dienone is 4. The first kappa shape index (κ1) is 53.1. The van der Waals surface area contributed by atoms with Gasteiger partial charge in [0, 0.05) is 12.8 Å². The molecule has 0 aliphatic carbocycles. The molecular formula is C44H78O15. The molecule has 0 saturated carbocycles. The average molecular weight is 847 g/mol. The van der Waals surface area contributed by atoms with Gasteiger partial charge in [-0.05, 0) is 57.8 Å². The summed E-state index contributed by atoms with van der Waals surface area (Å²) in [4.78, 5) is 25.5. The van der Waals surface area contributed by atoms with Crippen LogP contribution in [0.5, 0.6) is 0 Å². The number of unbranched alkanes of at least 4 members (excludes halogenated alkanes) is 15. The van der Waals surface area contributed by atoms with Crippen molar-refractivity contribution < 1.29 is 73.8 Å². The van der Waals surface area contributed by atoms with Crippen molar-refractivity contribution in [2.75, 3.05) is 26.4 Å². The van der Waals surface area contributed by atoms with Crippen molar-refractivity contribution >= 4 is 11.9 Å². The first-order chi connectivity index (χ1) is 28.5. The van der Waals surface area contributed by atoms with E-state index in [1.54, 1.807) is 0 Å². The second-order valence-electron chi connectivity index (χ2n) is 15.9. The van der Waals surface area contributed by atoms with E-state index in [9.17, 15) is 45.3 Å². The van der Waals surface area contributed by atoms with Crippen LogP contribution in [0.2, 0.25) is 0 Å². The molecule has 2 fully saturated rings. The number of carbonyl (C=O) groups is 2. The number of hydrogen-bond acceptors (Lipinski definition) is 15. The Bertz CT molecular complexity index is 1140. The van der Waals surface area contributed by atoms with E-state index < -0.39 is 92.7 Å². The molecule has 59 heavy (non-hydrogen) atoms. The van der Waals surface area contributed by atoms with Gasteiger partial charge in [0.1, 0.15) is 55.4 Å². The summed E-state index contributed by atoms with van der Waals surface area (Å²) in [6, 6.07) is 0. The van der Waals surface area contributed by atoms with E-state index in [1.165, 1.54) is 32.1 Å². The molecule has 2 aliphatic rings. The number of hydrogen-bond donors (Lipinski definition) is 7. The molecule has 4 unspecified atom stereocenters. The van der Waals surface area contributed by atoms with Crippen molar-refractivity contribution in [2.24, 2.45) is 0 Å². The molecule has 15 heteroatoms. The molecule has 2 aliphatic heterocycles. The molecule has 11 atom stereocenters. The number of esters is 2. The lowest BCUT2D eigenvalue weighted by Gasteiger charge is -2.42. The Morgan fingerprint density at radius 1 is 0.525 bits per heavy atom. The predicted molar refractivity (Wildman–Crippen MR) is 220 cm³/mol. The van der Waals surface area contributed by atoms with Gasteiger partial charge in [-0.1, -0.05) is 102 Å². The van der Waals surface area contributed by atoms with Crippen LogP contribution in [0.1, 0.15) is 149 Å². The lowest BCUT2D eigenvalue weighted by molar-refractivity contribution is -0.332. The fourth-order valence-electron chi connectivity index (χ4n) is 6.84. The Morgan fingerprint density at radius 2 is 0.983 bits per heavy atom. The minimum Gasteiger partial charge on any atom is -0.462 e. The van der Waals surface area contributed by atoms with Crippen molar-refractivity contribution in [3.63, 3.8) is 0 Å². The normalized spacial score (nSPS) is 28.0. The van der Waals surface area contributed by atoms with Crippen LogP contribution in [0.4, 0.5) is 0 Å². The van der Waals surface area contributed by atoms with Crippen LogP contribution in [-0.2, 0) is 38.0 Å². The van der Waals surface area contributed by atoms with Gasteiger partial charge in [0.05, 0.1) is 19.8 Å². The van der Waals surface area contributed by atoms with Crippen LogP contribution < -0.4 is 0 Å². The number of ether oxygens (including phenoxy) is 6. The molecule has 0 aromatic heterocycles. The summed E-state index contributed by atoms with van der Waals surface area (Å²) in [5.41, 5.74) is 0. The van der Waals surface area contributed by atoms with Crippen LogP contribution in [0.15, 0.2) is 24.3 Å². The molecule has 0 spiro atoms. The van der Waals surface area contributed by atoms with Crippen LogP contribution in [-0.4, -0.2) is 142 Å². The summed E-state index contributed by atoms with van der Waals surface area (Å²) in [7, 11) is 0. The molecule has 0 amide bonds. The number of carbonyl (C=O) groups excluding carboxylic acids is 2. The molecular weight excluding hydrogens is 768 g/mol. The Morgan fingerprint density at radius 3 is 1.54 bits per heavy atom. The fourth-order valence-corrected chi connectivity index (χ4v) is 6.84. The van der Waals surface area contributed by atoms with Crippen LogP contribution in [0, 0.1) is 0 Å². The third-order valence-corrected chi connectivity index (χ3v) is 10.7. The van der Waals surface area contributed by atoms with E-state index in [1.807, 2.05) is 0 Å². The number of aliphatic hydroxyl groups excluding tert-OH is 7. The smallest absolute Gasteiger partial charge is 0.306 e. The van der Waals surface area contributed by atoms with Crippen molar-refractivity contribution in [3.05, 3.63) is 24.3 Å². The first-order valence-electron chi connectivity index (χ1n) is 22.4. The summed E-state index contributed by atoms with van der Waals surface area (Å²) in [6.07, 6.45) is 12.3. The predicted octanol–water partition coefficient (Wildman–Crippen LogP) is 4.43. The second kappa shape index (κ2) is 32.7. The SMILES string of the molecule is CCCC/C=C/CCCCCCCC(=O)OC[C@H](CO[C@@H]1O[C@H](CO[C@@H]2O[C@H](CO)[C@H](O)C(O)C2O)[C@H](O)C(O)C1O)OC(=O)CCCCCCC/C=C/CCCCC. The van der Waals surface area contributed by atoms with Crippen molar-refractivity contribution in [1.82, 2.24) is 0 Å². The van der Waals surface area contributed by atoms with Gasteiger partial charge in [-0.2, -0.15) is 0 Å². The van der Waals surface area contributed by atoms with Crippen molar-refractivity contribution in [1.29, 1.82) is 0 Å². The Balaban J connectivity index is 1.88. The molecule has 0 aromatic rings. The Hall–Kier alpha value is -2.02. The van der Waals surface area contributed by atoms with E-state index in [0.29, 0.717) is 12.8 Å². The molecule has 7 N–H and O–H groups in total. The van der Waals surface area contributed by atoms with Gasteiger partial charge in [-0.15, -0.1) is 0 Å². The third-order valence-electron chi connectivity index (χ3n) is 10.7. The highest BCUT2D eigenvalue weighted by Crippen LogP contribution is 2.26. The molecule has 344 valence electrons.